The van der Waals surface area contributed by atoms with Gasteiger partial charge < -0.3 is 19.7 Å². The van der Waals surface area contributed by atoms with E-state index in [1.165, 1.54) is 57.6 Å². The van der Waals surface area contributed by atoms with Crippen LogP contribution in [0.25, 0.3) is 0 Å². The Hall–Kier alpha value is -3.45. The third-order valence-corrected chi connectivity index (χ3v) is 11.9. The van der Waals surface area contributed by atoms with Crippen molar-refractivity contribution in [2.45, 2.75) is 214 Å². The van der Waals surface area contributed by atoms with Crippen molar-refractivity contribution in [3.63, 3.8) is 0 Å². The molecule has 5 nitrogen and oxygen atoms in total. The second-order valence-corrected chi connectivity index (χ2v) is 21.6. The van der Waals surface area contributed by atoms with Crippen LogP contribution in [0.5, 0.6) is 17.2 Å². The van der Waals surface area contributed by atoms with E-state index in [4.69, 9.17) is 14.5 Å². The minimum atomic E-state index is -1.77. The highest BCUT2D eigenvalue weighted by Crippen LogP contribution is 2.49. The van der Waals surface area contributed by atoms with Crippen molar-refractivity contribution in [3.8, 4) is 17.2 Å². The molecule has 2 N–H and O–H groups in total. The zero-order chi connectivity index (χ0) is 46.0. The molecule has 3 rings (SSSR count). The molecule has 7 heteroatoms. The van der Waals surface area contributed by atoms with Crippen molar-refractivity contribution in [2.24, 2.45) is 4.99 Å². The number of hydrogen-bond acceptors (Lipinski definition) is 5. The van der Waals surface area contributed by atoms with Crippen LogP contribution in [0.15, 0.2) is 41.4 Å². The summed E-state index contributed by atoms with van der Waals surface area (Å²) in [5.41, 5.74) is 1.82. The first-order chi connectivity index (χ1) is 28.3. The Kier molecular flexibility index (Phi) is 18.5. The van der Waals surface area contributed by atoms with Crippen molar-refractivity contribution in [1.29, 1.82) is 0 Å². The summed E-state index contributed by atoms with van der Waals surface area (Å²) in [4.78, 5) is 4.83. The molecule has 0 saturated heterocycles. The van der Waals surface area contributed by atoms with E-state index < -0.39 is 29.0 Å². The number of halogens is 2. The van der Waals surface area contributed by atoms with Gasteiger partial charge in [0.15, 0.2) is 11.6 Å². The van der Waals surface area contributed by atoms with Crippen molar-refractivity contribution in [1.82, 2.24) is 0 Å². The molecular weight excluding hydrogens is 765 g/mol. The number of aliphatic imine (C=N–C) groups is 1. The summed E-state index contributed by atoms with van der Waals surface area (Å²) in [5.74, 6) is -0.913. The van der Waals surface area contributed by atoms with Gasteiger partial charge in [-0.2, -0.15) is 0 Å². The lowest BCUT2D eigenvalue weighted by Gasteiger charge is -2.39. The number of phenols is 1. The average Bonchev–Trinajstić information content (AvgIpc) is 3.15. The fourth-order valence-corrected chi connectivity index (χ4v) is 7.98. The molecule has 0 fully saturated rings. The van der Waals surface area contributed by atoms with Crippen molar-refractivity contribution < 1.29 is 28.5 Å². The van der Waals surface area contributed by atoms with Gasteiger partial charge in [-0.05, 0) is 82.9 Å². The molecule has 0 bridgehead atoms. The molecule has 0 aliphatic rings. The SMILES string of the molecule is CCCCCCCCOc1c(C(C)(C)C)cc(C(O)(c2cc(C(C)(C)C)c(OCCCCCCCC)c(C(C)(C)C)c2)C(C)N=Cc2cc(F)cc(F)c2O)cc1C(C)(C)C. The first kappa shape index (κ1) is 51.9. The largest absolute Gasteiger partial charge is 0.504 e. The summed E-state index contributed by atoms with van der Waals surface area (Å²) < 4.78 is 42.6. The quantitative estimate of drug-likeness (QED) is 0.0827. The molecule has 0 heterocycles. The Morgan fingerprint density at radius 2 is 0.902 bits per heavy atom. The van der Waals surface area contributed by atoms with E-state index in [1.807, 2.05) is 6.92 Å². The summed E-state index contributed by atoms with van der Waals surface area (Å²) in [6.45, 7) is 33.5. The molecule has 3 aromatic rings. The van der Waals surface area contributed by atoms with Crippen LogP contribution in [0.2, 0.25) is 0 Å². The van der Waals surface area contributed by atoms with Crippen LogP contribution in [0.4, 0.5) is 8.78 Å². The number of ether oxygens (including phenoxy) is 2. The van der Waals surface area contributed by atoms with E-state index >= 15 is 0 Å². The zero-order valence-electron chi connectivity index (χ0n) is 40.9. The Bertz CT molecular complexity index is 1720. The number of benzene rings is 3. The van der Waals surface area contributed by atoms with E-state index in [-0.39, 0.29) is 27.2 Å². The first-order valence-electron chi connectivity index (χ1n) is 23.4. The molecule has 0 spiro atoms. The van der Waals surface area contributed by atoms with Gasteiger partial charge in [0.05, 0.1) is 19.3 Å². The molecule has 61 heavy (non-hydrogen) atoms. The molecule has 0 amide bonds. The van der Waals surface area contributed by atoms with Crippen LogP contribution < -0.4 is 9.47 Å². The number of nitrogens with zero attached hydrogens (tertiary/aromatic N) is 1. The summed E-state index contributed by atoms with van der Waals surface area (Å²) in [6, 6.07) is 9.10. The minimum Gasteiger partial charge on any atom is -0.504 e. The second kappa shape index (κ2) is 21.8. The molecule has 342 valence electrons. The van der Waals surface area contributed by atoms with Crippen molar-refractivity contribution >= 4 is 6.21 Å². The smallest absolute Gasteiger partial charge is 0.168 e. The van der Waals surface area contributed by atoms with Gasteiger partial charge in [-0.1, -0.05) is 161 Å². The fourth-order valence-electron chi connectivity index (χ4n) is 7.98. The zero-order valence-corrected chi connectivity index (χ0v) is 40.9. The summed E-state index contributed by atoms with van der Waals surface area (Å²) in [5, 5.41) is 24.4. The van der Waals surface area contributed by atoms with Crippen molar-refractivity contribution in [3.05, 3.63) is 87.0 Å². The lowest BCUT2D eigenvalue weighted by Crippen LogP contribution is -2.40. The van der Waals surface area contributed by atoms with Gasteiger partial charge in [0, 0.05) is 40.1 Å². The Morgan fingerprint density at radius 3 is 1.25 bits per heavy atom. The topological polar surface area (TPSA) is 71.3 Å². The van der Waals surface area contributed by atoms with Gasteiger partial charge in [0.2, 0.25) is 0 Å². The lowest BCUT2D eigenvalue weighted by atomic mass is 9.71. The molecule has 1 unspecified atom stereocenters. The maximum Gasteiger partial charge on any atom is 0.168 e. The van der Waals surface area contributed by atoms with Gasteiger partial charge in [0.25, 0.3) is 0 Å². The molecule has 0 radical (unpaired) electrons. The molecule has 0 aromatic heterocycles. The summed E-state index contributed by atoms with van der Waals surface area (Å²) in [7, 11) is 0. The third-order valence-electron chi connectivity index (χ3n) is 11.9. The number of unbranched alkanes of at least 4 members (excludes halogenated alkanes) is 10. The third kappa shape index (κ3) is 14.0. The van der Waals surface area contributed by atoms with E-state index in [2.05, 4.69) is 121 Å². The summed E-state index contributed by atoms with van der Waals surface area (Å²) >= 11 is 0. The first-order valence-corrected chi connectivity index (χ1v) is 23.4. The highest BCUT2D eigenvalue weighted by molar-refractivity contribution is 5.83. The van der Waals surface area contributed by atoms with Gasteiger partial charge >= 0.3 is 0 Å². The highest BCUT2D eigenvalue weighted by Gasteiger charge is 2.43. The molecule has 0 saturated carbocycles. The predicted molar refractivity (Wildman–Crippen MR) is 254 cm³/mol. The van der Waals surface area contributed by atoms with Gasteiger partial charge in [-0.15, -0.1) is 0 Å². The molecular formula is C54H83F2NO4. The molecule has 1 atom stereocenters. The number of aromatic hydroxyl groups is 1. The molecule has 0 aliphatic heterocycles. The maximum atomic E-state index is 14.6. The van der Waals surface area contributed by atoms with E-state index in [0.29, 0.717) is 30.4 Å². The Labute approximate surface area is 370 Å². The summed E-state index contributed by atoms with van der Waals surface area (Å²) in [6.07, 6.45) is 15.2. The van der Waals surface area contributed by atoms with Gasteiger partial charge in [-0.25, -0.2) is 8.78 Å². The fraction of sp³-hybridized carbons (Fsp3) is 0.648. The lowest BCUT2D eigenvalue weighted by molar-refractivity contribution is 0.0581. The maximum absolute atomic E-state index is 14.6. The normalized spacial score (nSPS) is 13.6. The number of phenolic OH excluding ortho intramolecular Hbond substituents is 1. The van der Waals surface area contributed by atoms with Crippen LogP contribution in [0, 0.1) is 11.6 Å². The van der Waals surface area contributed by atoms with E-state index in [9.17, 15) is 19.0 Å². The second-order valence-electron chi connectivity index (χ2n) is 21.6. The van der Waals surface area contributed by atoms with E-state index in [1.54, 1.807) is 0 Å². The van der Waals surface area contributed by atoms with Crippen LogP contribution >= 0.6 is 0 Å². The molecule has 0 aliphatic carbocycles. The predicted octanol–water partition coefficient (Wildman–Crippen LogP) is 15.1. The van der Waals surface area contributed by atoms with E-state index in [0.717, 1.165) is 65.5 Å². The Balaban J connectivity index is 2.41. The van der Waals surface area contributed by atoms with Crippen LogP contribution in [0.3, 0.4) is 0 Å². The minimum absolute atomic E-state index is 0.111. The monoisotopic (exact) mass is 848 g/mol. The number of hydrogen-bond donors (Lipinski definition) is 2. The standard InChI is InChI=1S/C54H83F2NO4/c1-16-18-20-22-24-26-28-60-48-42(50(4,5)6)31-39(32-43(48)51(7,8)9)54(59,37(3)57-36-38-30-41(55)35-46(56)47(38)58)40-33-44(52(10,11)12)49(45(34-40)53(13,14)15)61-29-27-25-23-21-19-17-2/h30-37,58-59H,16-29H2,1-15H3. The number of rotatable bonds is 21. The van der Waals surface area contributed by atoms with Crippen molar-refractivity contribution in [2.75, 3.05) is 13.2 Å². The number of aliphatic hydroxyl groups is 1. The average molecular weight is 848 g/mol. The van der Waals surface area contributed by atoms with Gasteiger partial charge in [-0.3, -0.25) is 4.99 Å². The van der Waals surface area contributed by atoms with Gasteiger partial charge in [0.1, 0.15) is 22.9 Å². The molecule has 3 aromatic carbocycles. The van der Waals surface area contributed by atoms with Crippen LogP contribution in [-0.4, -0.2) is 35.7 Å². The van der Waals surface area contributed by atoms with Crippen LogP contribution in [-0.2, 0) is 27.3 Å². The van der Waals surface area contributed by atoms with Crippen LogP contribution in [0.1, 0.15) is 220 Å². The highest BCUT2D eigenvalue weighted by atomic mass is 19.1. The Morgan fingerprint density at radius 1 is 0.557 bits per heavy atom.